The molecule has 4 nitrogen and oxygen atoms in total. The highest BCUT2D eigenvalue weighted by atomic mass is 16.5. The number of aromatic nitrogens is 2. The van der Waals surface area contributed by atoms with Crippen molar-refractivity contribution in [3.63, 3.8) is 0 Å². The molecular weight excluding hydrogens is 190 g/mol. The van der Waals surface area contributed by atoms with Crippen LogP contribution in [-0.2, 0) is 4.74 Å². The molecule has 2 heterocycles. The third-order valence-electron chi connectivity index (χ3n) is 2.63. The number of rotatable bonds is 2. The van der Waals surface area contributed by atoms with Gasteiger partial charge in [-0.2, -0.15) is 0 Å². The van der Waals surface area contributed by atoms with Crippen molar-refractivity contribution in [1.29, 1.82) is 0 Å². The number of morpholine rings is 1. The van der Waals surface area contributed by atoms with Gasteiger partial charge in [-0.15, -0.1) is 0 Å². The van der Waals surface area contributed by atoms with E-state index in [2.05, 4.69) is 29.1 Å². The second-order valence-corrected chi connectivity index (χ2v) is 4.08. The van der Waals surface area contributed by atoms with Gasteiger partial charge < -0.3 is 10.1 Å². The summed E-state index contributed by atoms with van der Waals surface area (Å²) in [5.41, 5.74) is 2.22. The average molecular weight is 207 g/mol. The quantitative estimate of drug-likeness (QED) is 0.793. The van der Waals surface area contributed by atoms with E-state index in [1.807, 2.05) is 6.20 Å². The van der Waals surface area contributed by atoms with Gasteiger partial charge in [-0.1, -0.05) is 13.8 Å². The van der Waals surface area contributed by atoms with Gasteiger partial charge in [0.15, 0.2) is 0 Å². The van der Waals surface area contributed by atoms with E-state index in [-0.39, 0.29) is 6.10 Å². The van der Waals surface area contributed by atoms with Crippen LogP contribution in [0.3, 0.4) is 0 Å². The predicted molar refractivity (Wildman–Crippen MR) is 57.7 cm³/mol. The van der Waals surface area contributed by atoms with Crippen molar-refractivity contribution in [2.24, 2.45) is 0 Å². The molecule has 1 atom stereocenters. The normalized spacial score (nSPS) is 21.9. The van der Waals surface area contributed by atoms with Crippen molar-refractivity contribution in [2.45, 2.75) is 25.9 Å². The van der Waals surface area contributed by atoms with Crippen LogP contribution >= 0.6 is 0 Å². The van der Waals surface area contributed by atoms with E-state index in [0.717, 1.165) is 25.4 Å². The second kappa shape index (κ2) is 4.68. The van der Waals surface area contributed by atoms with E-state index in [4.69, 9.17) is 4.74 Å². The van der Waals surface area contributed by atoms with Crippen molar-refractivity contribution >= 4 is 0 Å². The molecule has 0 aromatic carbocycles. The van der Waals surface area contributed by atoms with Gasteiger partial charge in [-0.25, -0.2) is 9.97 Å². The number of hydrogen-bond donors (Lipinski definition) is 1. The fourth-order valence-corrected chi connectivity index (χ4v) is 1.80. The summed E-state index contributed by atoms with van der Waals surface area (Å²) in [6.45, 7) is 6.83. The molecule has 0 spiro atoms. The third kappa shape index (κ3) is 2.33. The standard InChI is InChI=1S/C11H17N3O/c1-8(2)9-5-13-7-14-11(9)10-6-12-3-4-15-10/h5,7-8,10,12H,3-4,6H2,1-2H3. The molecule has 1 aliphatic rings. The molecule has 0 amide bonds. The molecule has 82 valence electrons. The first-order chi connectivity index (χ1) is 7.29. The van der Waals surface area contributed by atoms with Crippen LogP contribution in [-0.4, -0.2) is 29.7 Å². The summed E-state index contributed by atoms with van der Waals surface area (Å²) in [5, 5.41) is 3.31. The smallest absolute Gasteiger partial charge is 0.115 e. The minimum absolute atomic E-state index is 0.0825. The lowest BCUT2D eigenvalue weighted by atomic mass is 10.00. The first-order valence-corrected chi connectivity index (χ1v) is 5.41. The van der Waals surface area contributed by atoms with Crippen molar-refractivity contribution in [2.75, 3.05) is 19.7 Å². The van der Waals surface area contributed by atoms with Crippen LogP contribution in [0.2, 0.25) is 0 Å². The Morgan fingerprint density at radius 1 is 1.53 bits per heavy atom. The van der Waals surface area contributed by atoms with Crippen LogP contribution in [0, 0.1) is 0 Å². The lowest BCUT2D eigenvalue weighted by Gasteiger charge is -2.25. The zero-order valence-corrected chi connectivity index (χ0v) is 9.23. The van der Waals surface area contributed by atoms with Gasteiger partial charge in [0.25, 0.3) is 0 Å². The molecular formula is C11H17N3O. The molecule has 0 saturated carbocycles. The molecule has 1 aliphatic heterocycles. The van der Waals surface area contributed by atoms with Gasteiger partial charge in [0, 0.05) is 19.3 Å². The fourth-order valence-electron chi connectivity index (χ4n) is 1.80. The summed E-state index contributed by atoms with van der Waals surface area (Å²) >= 11 is 0. The van der Waals surface area contributed by atoms with E-state index in [9.17, 15) is 0 Å². The average Bonchev–Trinajstić information content (AvgIpc) is 2.30. The van der Waals surface area contributed by atoms with Crippen LogP contribution in [0.4, 0.5) is 0 Å². The number of nitrogens with zero attached hydrogens (tertiary/aromatic N) is 2. The highest BCUT2D eigenvalue weighted by Gasteiger charge is 2.21. The van der Waals surface area contributed by atoms with E-state index in [1.54, 1.807) is 6.33 Å². The Balaban J connectivity index is 2.25. The second-order valence-electron chi connectivity index (χ2n) is 4.08. The first kappa shape index (κ1) is 10.5. The Labute approximate surface area is 90.1 Å². The highest BCUT2D eigenvalue weighted by Crippen LogP contribution is 2.24. The maximum absolute atomic E-state index is 5.70. The molecule has 0 aliphatic carbocycles. The van der Waals surface area contributed by atoms with E-state index >= 15 is 0 Å². The van der Waals surface area contributed by atoms with Crippen molar-refractivity contribution in [1.82, 2.24) is 15.3 Å². The Kier molecular flexibility index (Phi) is 3.28. The van der Waals surface area contributed by atoms with Crippen LogP contribution in [0.5, 0.6) is 0 Å². The maximum atomic E-state index is 5.70. The van der Waals surface area contributed by atoms with Crippen molar-refractivity contribution in [3.05, 3.63) is 23.8 Å². The van der Waals surface area contributed by atoms with Crippen molar-refractivity contribution in [3.8, 4) is 0 Å². The number of hydrogen-bond acceptors (Lipinski definition) is 4. The predicted octanol–water partition coefficient (Wildman–Crippen LogP) is 1.26. The molecule has 1 fully saturated rings. The van der Waals surface area contributed by atoms with Crippen molar-refractivity contribution < 1.29 is 4.74 Å². The fraction of sp³-hybridized carbons (Fsp3) is 0.636. The summed E-state index contributed by atoms with van der Waals surface area (Å²) < 4.78 is 5.70. The van der Waals surface area contributed by atoms with E-state index in [0.29, 0.717) is 5.92 Å². The SMILES string of the molecule is CC(C)c1cncnc1C1CNCCO1. The largest absolute Gasteiger partial charge is 0.369 e. The van der Waals surface area contributed by atoms with Crippen LogP contribution in [0.1, 0.15) is 37.1 Å². The molecule has 0 bridgehead atoms. The minimum Gasteiger partial charge on any atom is -0.369 e. The molecule has 1 saturated heterocycles. The Hall–Kier alpha value is -1.00. The van der Waals surface area contributed by atoms with Gasteiger partial charge in [0.1, 0.15) is 12.4 Å². The van der Waals surface area contributed by atoms with Crippen LogP contribution in [0.15, 0.2) is 12.5 Å². The summed E-state index contributed by atoms with van der Waals surface area (Å²) in [6, 6.07) is 0. The Morgan fingerprint density at radius 2 is 2.40 bits per heavy atom. The molecule has 1 aromatic heterocycles. The van der Waals surface area contributed by atoms with E-state index in [1.165, 1.54) is 5.56 Å². The maximum Gasteiger partial charge on any atom is 0.115 e. The molecule has 1 aromatic rings. The van der Waals surface area contributed by atoms with Crippen LogP contribution < -0.4 is 5.32 Å². The minimum atomic E-state index is 0.0825. The van der Waals surface area contributed by atoms with E-state index < -0.39 is 0 Å². The Morgan fingerprint density at radius 3 is 3.07 bits per heavy atom. The summed E-state index contributed by atoms with van der Waals surface area (Å²) in [6.07, 6.45) is 3.57. The molecule has 0 radical (unpaired) electrons. The van der Waals surface area contributed by atoms with Gasteiger partial charge in [-0.3, -0.25) is 0 Å². The zero-order chi connectivity index (χ0) is 10.7. The molecule has 1 unspecified atom stereocenters. The zero-order valence-electron chi connectivity index (χ0n) is 9.23. The third-order valence-corrected chi connectivity index (χ3v) is 2.63. The van der Waals surface area contributed by atoms with Gasteiger partial charge in [0.05, 0.1) is 12.3 Å². The van der Waals surface area contributed by atoms with Gasteiger partial charge in [-0.05, 0) is 11.5 Å². The summed E-state index contributed by atoms with van der Waals surface area (Å²) in [4.78, 5) is 8.42. The molecule has 4 heteroatoms. The lowest BCUT2D eigenvalue weighted by molar-refractivity contribution is 0.0242. The molecule has 2 rings (SSSR count). The monoisotopic (exact) mass is 207 g/mol. The van der Waals surface area contributed by atoms with Crippen LogP contribution in [0.25, 0.3) is 0 Å². The number of ether oxygens (including phenoxy) is 1. The highest BCUT2D eigenvalue weighted by molar-refractivity contribution is 5.22. The molecule has 15 heavy (non-hydrogen) atoms. The summed E-state index contributed by atoms with van der Waals surface area (Å²) in [5.74, 6) is 0.437. The number of nitrogens with one attached hydrogen (secondary N) is 1. The topological polar surface area (TPSA) is 47.0 Å². The van der Waals surface area contributed by atoms with Gasteiger partial charge >= 0.3 is 0 Å². The Bertz CT molecular complexity index is 321. The molecule has 1 N–H and O–H groups in total. The summed E-state index contributed by atoms with van der Waals surface area (Å²) in [7, 11) is 0. The first-order valence-electron chi connectivity index (χ1n) is 5.41. The van der Waals surface area contributed by atoms with Gasteiger partial charge in [0.2, 0.25) is 0 Å². The lowest BCUT2D eigenvalue weighted by Crippen LogP contribution is -2.34.